The van der Waals surface area contributed by atoms with Gasteiger partial charge in [-0.25, -0.2) is 8.42 Å². The second kappa shape index (κ2) is 9.27. The largest absolute Gasteiger partial charge is 0.324 e. The molecule has 2 heterocycles. The molecule has 2 amide bonds. The highest BCUT2D eigenvalue weighted by Crippen LogP contribution is 2.32. The molecular weight excluding hydrogens is 438 g/mol. The van der Waals surface area contributed by atoms with Gasteiger partial charge in [-0.05, 0) is 81.0 Å². The lowest BCUT2D eigenvalue weighted by atomic mass is 10.0. The number of carbonyl (C=O) groups is 2. The van der Waals surface area contributed by atoms with Crippen molar-refractivity contribution in [2.45, 2.75) is 63.8 Å². The summed E-state index contributed by atoms with van der Waals surface area (Å²) in [7, 11) is -3.60. The van der Waals surface area contributed by atoms with Crippen molar-refractivity contribution in [1.82, 2.24) is 4.31 Å². The molecule has 4 rings (SSSR count). The van der Waals surface area contributed by atoms with E-state index in [0.29, 0.717) is 18.7 Å². The molecule has 2 aliphatic rings. The van der Waals surface area contributed by atoms with Gasteiger partial charge in [0.25, 0.3) is 0 Å². The summed E-state index contributed by atoms with van der Waals surface area (Å²) < 4.78 is 28.1. The number of aryl methyl sites for hydroxylation is 2. The Labute approximate surface area is 195 Å². The summed E-state index contributed by atoms with van der Waals surface area (Å²) in [6.45, 7) is 6.28. The Morgan fingerprint density at radius 1 is 1.12 bits per heavy atom. The van der Waals surface area contributed by atoms with Crippen molar-refractivity contribution >= 4 is 33.2 Å². The number of fused-ring (bicyclic) bond motifs is 1. The van der Waals surface area contributed by atoms with E-state index in [4.69, 9.17) is 0 Å². The van der Waals surface area contributed by atoms with Crippen molar-refractivity contribution in [3.63, 3.8) is 0 Å². The van der Waals surface area contributed by atoms with Crippen LogP contribution < -0.4 is 10.2 Å². The van der Waals surface area contributed by atoms with E-state index in [-0.39, 0.29) is 35.7 Å². The molecule has 0 saturated carbocycles. The van der Waals surface area contributed by atoms with Gasteiger partial charge in [-0.1, -0.05) is 18.6 Å². The molecule has 0 spiro atoms. The lowest BCUT2D eigenvalue weighted by molar-refractivity contribution is -0.121. The van der Waals surface area contributed by atoms with Crippen molar-refractivity contribution in [2.24, 2.45) is 0 Å². The molecule has 1 saturated heterocycles. The van der Waals surface area contributed by atoms with Crippen molar-refractivity contribution in [3.05, 3.63) is 53.1 Å². The minimum atomic E-state index is -3.60. The topological polar surface area (TPSA) is 86.8 Å². The molecule has 0 aliphatic carbocycles. The molecule has 0 bridgehead atoms. The number of nitrogens with one attached hydrogen (secondary N) is 1. The fourth-order valence-electron chi connectivity index (χ4n) is 4.65. The molecule has 33 heavy (non-hydrogen) atoms. The summed E-state index contributed by atoms with van der Waals surface area (Å²) in [4.78, 5) is 27.1. The summed E-state index contributed by atoms with van der Waals surface area (Å²) >= 11 is 0. The van der Waals surface area contributed by atoms with Gasteiger partial charge in [0.05, 0.1) is 4.90 Å². The predicted octanol–water partition coefficient (Wildman–Crippen LogP) is 3.78. The van der Waals surface area contributed by atoms with Crippen molar-refractivity contribution in [2.75, 3.05) is 23.3 Å². The smallest absolute Gasteiger partial charge is 0.244 e. The van der Waals surface area contributed by atoms with Crippen LogP contribution >= 0.6 is 0 Å². The number of nitrogens with zero attached hydrogens (tertiary/aromatic N) is 2. The van der Waals surface area contributed by atoms with Gasteiger partial charge in [0.2, 0.25) is 21.8 Å². The van der Waals surface area contributed by atoms with Crippen LogP contribution in [0.2, 0.25) is 0 Å². The van der Waals surface area contributed by atoms with Gasteiger partial charge in [0.1, 0.15) is 6.54 Å². The van der Waals surface area contributed by atoms with E-state index in [1.54, 1.807) is 22.5 Å². The lowest BCUT2D eigenvalue weighted by Gasteiger charge is -2.33. The zero-order valence-electron chi connectivity index (χ0n) is 19.4. The molecule has 176 valence electrons. The number of benzene rings is 2. The number of anilines is 2. The van der Waals surface area contributed by atoms with E-state index < -0.39 is 10.0 Å². The van der Waals surface area contributed by atoms with E-state index >= 15 is 0 Å². The number of amides is 2. The second-order valence-electron chi connectivity index (χ2n) is 9.03. The standard InChI is InChI=1S/C25H31N3O4S/c1-17-7-6-9-22(19(17)3)26-24(29)16-27-23-12-11-21(15-20(23)10-13-25(27)30)33(31,32)28-14-5-4-8-18(28)2/h6-7,9,11-12,15,18H,4-5,8,10,13-14,16H2,1-3H3,(H,26,29). The van der Waals surface area contributed by atoms with Crippen LogP contribution in [0, 0.1) is 13.8 Å². The fourth-order valence-corrected chi connectivity index (χ4v) is 6.40. The number of carbonyl (C=O) groups excluding carboxylic acids is 2. The molecule has 1 fully saturated rings. The summed E-state index contributed by atoms with van der Waals surface area (Å²) in [5, 5.41) is 2.90. The molecule has 8 heteroatoms. The van der Waals surface area contributed by atoms with Crippen LogP contribution in [0.1, 0.15) is 49.3 Å². The zero-order chi connectivity index (χ0) is 23.8. The molecule has 7 nitrogen and oxygen atoms in total. The van der Waals surface area contributed by atoms with Gasteiger partial charge >= 0.3 is 0 Å². The molecular formula is C25H31N3O4S. The second-order valence-corrected chi connectivity index (χ2v) is 10.9. The van der Waals surface area contributed by atoms with Crippen LogP contribution in [0.5, 0.6) is 0 Å². The average Bonchev–Trinajstić information content (AvgIpc) is 2.78. The first kappa shape index (κ1) is 23.4. The molecule has 0 radical (unpaired) electrons. The molecule has 1 unspecified atom stereocenters. The Hall–Kier alpha value is -2.71. The van der Waals surface area contributed by atoms with Crippen molar-refractivity contribution in [1.29, 1.82) is 0 Å². The normalized spacial score (nSPS) is 19.3. The highest BCUT2D eigenvalue weighted by molar-refractivity contribution is 7.89. The van der Waals surface area contributed by atoms with Gasteiger partial charge < -0.3 is 10.2 Å². The minimum Gasteiger partial charge on any atom is -0.324 e. The predicted molar refractivity (Wildman–Crippen MR) is 129 cm³/mol. The van der Waals surface area contributed by atoms with E-state index in [1.807, 2.05) is 39.0 Å². The van der Waals surface area contributed by atoms with Crippen LogP contribution in [0.3, 0.4) is 0 Å². The third-order valence-corrected chi connectivity index (χ3v) is 8.79. The SMILES string of the molecule is Cc1cccc(NC(=O)CN2C(=O)CCc3cc(S(=O)(=O)N4CCCCC4C)ccc32)c1C. The number of piperidine rings is 1. The molecule has 2 aromatic rings. The lowest BCUT2D eigenvalue weighted by Crippen LogP contribution is -2.42. The first-order valence-electron chi connectivity index (χ1n) is 11.5. The first-order chi connectivity index (χ1) is 15.7. The van der Waals surface area contributed by atoms with Crippen LogP contribution in [0.4, 0.5) is 11.4 Å². The monoisotopic (exact) mass is 469 g/mol. The molecule has 2 aliphatic heterocycles. The van der Waals surface area contributed by atoms with Crippen molar-refractivity contribution < 1.29 is 18.0 Å². The van der Waals surface area contributed by atoms with Crippen molar-refractivity contribution in [3.8, 4) is 0 Å². The summed E-state index contributed by atoms with van der Waals surface area (Å²) in [5.74, 6) is -0.428. The number of hydrogen-bond donors (Lipinski definition) is 1. The molecule has 2 aromatic carbocycles. The van der Waals surface area contributed by atoms with Gasteiger partial charge in [0.15, 0.2) is 0 Å². The zero-order valence-corrected chi connectivity index (χ0v) is 20.2. The number of rotatable bonds is 5. The van der Waals surface area contributed by atoms with Gasteiger partial charge in [0, 0.05) is 30.4 Å². The Kier molecular flexibility index (Phi) is 6.59. The maximum atomic E-state index is 13.3. The maximum Gasteiger partial charge on any atom is 0.244 e. The minimum absolute atomic E-state index is 0.0216. The first-order valence-corrected chi connectivity index (χ1v) is 12.9. The van der Waals surface area contributed by atoms with E-state index in [2.05, 4.69) is 5.32 Å². The third kappa shape index (κ3) is 4.68. The molecule has 0 aromatic heterocycles. The number of sulfonamides is 1. The van der Waals surface area contributed by atoms with Gasteiger partial charge in [-0.2, -0.15) is 4.31 Å². The van der Waals surface area contributed by atoms with Crippen LogP contribution in [0.25, 0.3) is 0 Å². The van der Waals surface area contributed by atoms with E-state index in [1.165, 1.54) is 4.90 Å². The third-order valence-electron chi connectivity index (χ3n) is 6.78. The Bertz CT molecular complexity index is 1190. The summed E-state index contributed by atoms with van der Waals surface area (Å²) in [6, 6.07) is 10.6. The van der Waals surface area contributed by atoms with E-state index in [0.717, 1.165) is 41.6 Å². The molecule has 1 atom stereocenters. The number of hydrogen-bond acceptors (Lipinski definition) is 4. The summed E-state index contributed by atoms with van der Waals surface area (Å²) in [6.07, 6.45) is 3.47. The molecule has 1 N–H and O–H groups in total. The van der Waals surface area contributed by atoms with Crippen LogP contribution in [-0.4, -0.2) is 43.7 Å². The highest BCUT2D eigenvalue weighted by Gasteiger charge is 2.33. The Morgan fingerprint density at radius 3 is 2.67 bits per heavy atom. The van der Waals surface area contributed by atoms with Gasteiger partial charge in [-0.3, -0.25) is 9.59 Å². The average molecular weight is 470 g/mol. The van der Waals surface area contributed by atoms with Crippen LogP contribution in [-0.2, 0) is 26.0 Å². The Morgan fingerprint density at radius 2 is 1.91 bits per heavy atom. The van der Waals surface area contributed by atoms with Crippen LogP contribution in [0.15, 0.2) is 41.3 Å². The Balaban J connectivity index is 1.56. The quantitative estimate of drug-likeness (QED) is 0.722. The highest BCUT2D eigenvalue weighted by atomic mass is 32.2. The fraction of sp³-hybridized carbons (Fsp3) is 0.440. The maximum absolute atomic E-state index is 13.3. The van der Waals surface area contributed by atoms with E-state index in [9.17, 15) is 18.0 Å². The van der Waals surface area contributed by atoms with Gasteiger partial charge in [-0.15, -0.1) is 0 Å². The summed E-state index contributed by atoms with van der Waals surface area (Å²) in [5.41, 5.74) is 4.16.